The Morgan fingerprint density at radius 2 is 2.25 bits per heavy atom. The number of rotatable bonds is 4. The first-order valence-corrected chi connectivity index (χ1v) is 3.06. The third-order valence-electron chi connectivity index (χ3n) is 1.17. The van der Waals surface area contributed by atoms with Crippen molar-refractivity contribution < 1.29 is 5.11 Å². The first-order chi connectivity index (χ1) is 3.81. The zero-order valence-electron chi connectivity index (χ0n) is 5.65. The highest BCUT2D eigenvalue weighted by Crippen LogP contribution is 1.96. The largest absolute Gasteiger partial charge is 0.396 e. The number of aliphatic hydroxyl groups excluding tert-OH is 1. The molecule has 0 amide bonds. The van der Waals surface area contributed by atoms with Crippen LogP contribution in [0.2, 0.25) is 0 Å². The summed E-state index contributed by atoms with van der Waals surface area (Å²) in [6.07, 6.45) is 0.904. The van der Waals surface area contributed by atoms with Crippen LogP contribution in [0.5, 0.6) is 0 Å². The molecule has 2 heteroatoms. The van der Waals surface area contributed by atoms with Gasteiger partial charge in [0.25, 0.3) is 0 Å². The Bertz CT molecular complexity index is 41.8. The highest BCUT2D eigenvalue weighted by Gasteiger charge is 1.96. The van der Waals surface area contributed by atoms with E-state index in [1.54, 1.807) is 0 Å². The number of aliphatic hydroxyl groups is 1. The van der Waals surface area contributed by atoms with Gasteiger partial charge in [-0.3, -0.25) is 0 Å². The number of nitrogens with one attached hydrogen (secondary N) is 1. The minimum atomic E-state index is 0.308. The van der Waals surface area contributed by atoms with Crippen molar-refractivity contribution >= 4 is 0 Å². The van der Waals surface area contributed by atoms with Crippen molar-refractivity contribution in [2.45, 2.75) is 13.3 Å². The lowest BCUT2D eigenvalue weighted by Gasteiger charge is -2.06. The van der Waals surface area contributed by atoms with Gasteiger partial charge >= 0.3 is 0 Å². The Morgan fingerprint density at radius 1 is 1.62 bits per heavy atom. The summed E-state index contributed by atoms with van der Waals surface area (Å²) in [5, 5.41) is 11.5. The molecular weight excluding hydrogens is 102 g/mol. The van der Waals surface area contributed by atoms with Gasteiger partial charge in [0.2, 0.25) is 0 Å². The number of hydrogen-bond acceptors (Lipinski definition) is 2. The van der Waals surface area contributed by atoms with Crippen LogP contribution in [0.3, 0.4) is 0 Å². The maximum absolute atomic E-state index is 8.44. The Kier molecular flexibility index (Phi) is 5.01. The van der Waals surface area contributed by atoms with E-state index in [1.165, 1.54) is 0 Å². The molecule has 0 saturated heterocycles. The summed E-state index contributed by atoms with van der Waals surface area (Å²) < 4.78 is 0. The molecule has 0 aliphatic carbocycles. The van der Waals surface area contributed by atoms with Gasteiger partial charge in [0, 0.05) is 6.61 Å². The fourth-order valence-electron chi connectivity index (χ4n) is 0.671. The molecule has 0 unspecified atom stereocenters. The minimum absolute atomic E-state index is 0.308. The molecule has 0 rings (SSSR count). The molecule has 0 aromatic rings. The Labute approximate surface area is 50.9 Å². The topological polar surface area (TPSA) is 32.3 Å². The van der Waals surface area contributed by atoms with Gasteiger partial charge in [-0.15, -0.1) is 0 Å². The molecular formula is C6H15NO. The van der Waals surface area contributed by atoms with Gasteiger partial charge in [0.1, 0.15) is 0 Å². The van der Waals surface area contributed by atoms with Crippen LogP contribution in [0.25, 0.3) is 0 Å². The molecule has 0 saturated carbocycles. The second-order valence-electron chi connectivity index (χ2n) is 2.18. The minimum Gasteiger partial charge on any atom is -0.396 e. The van der Waals surface area contributed by atoms with E-state index in [0.29, 0.717) is 12.5 Å². The predicted octanol–water partition coefficient (Wildman–Crippen LogP) is 0.224. The normalized spacial score (nSPS) is 13.9. The monoisotopic (exact) mass is 117 g/mol. The van der Waals surface area contributed by atoms with Gasteiger partial charge in [-0.05, 0) is 25.9 Å². The van der Waals surface area contributed by atoms with E-state index in [0.717, 1.165) is 13.0 Å². The third-order valence-corrected chi connectivity index (χ3v) is 1.17. The lowest BCUT2D eigenvalue weighted by atomic mass is 10.1. The van der Waals surface area contributed by atoms with Crippen LogP contribution in [0.4, 0.5) is 0 Å². The zero-order valence-corrected chi connectivity index (χ0v) is 5.65. The molecule has 2 nitrogen and oxygen atoms in total. The zero-order chi connectivity index (χ0) is 6.41. The van der Waals surface area contributed by atoms with Crippen LogP contribution in [-0.4, -0.2) is 25.3 Å². The summed E-state index contributed by atoms with van der Waals surface area (Å²) in [4.78, 5) is 0. The molecule has 0 aromatic carbocycles. The lowest BCUT2D eigenvalue weighted by molar-refractivity contribution is 0.261. The van der Waals surface area contributed by atoms with E-state index in [4.69, 9.17) is 5.11 Å². The predicted molar refractivity (Wildman–Crippen MR) is 34.8 cm³/mol. The first-order valence-electron chi connectivity index (χ1n) is 3.06. The molecule has 2 N–H and O–H groups in total. The van der Waals surface area contributed by atoms with Crippen molar-refractivity contribution in [3.63, 3.8) is 0 Å². The van der Waals surface area contributed by atoms with Crippen molar-refractivity contribution in [2.75, 3.05) is 20.2 Å². The standard InChI is InChI=1S/C6H15NO/c1-6(3-4-8)5-7-2/h6-8H,3-5H2,1-2H3/t6-/m0/s1. The number of hydrogen-bond donors (Lipinski definition) is 2. The molecule has 0 bridgehead atoms. The quantitative estimate of drug-likeness (QED) is 0.552. The summed E-state index contributed by atoms with van der Waals surface area (Å²) in [6.45, 7) is 3.43. The molecule has 0 aromatic heterocycles. The van der Waals surface area contributed by atoms with Crippen LogP contribution in [0, 0.1) is 5.92 Å². The lowest BCUT2D eigenvalue weighted by Crippen LogP contribution is -2.16. The van der Waals surface area contributed by atoms with Crippen molar-refractivity contribution in [1.29, 1.82) is 0 Å². The molecule has 0 aliphatic heterocycles. The average Bonchev–Trinajstić information content (AvgIpc) is 1.68. The van der Waals surface area contributed by atoms with Crippen LogP contribution >= 0.6 is 0 Å². The smallest absolute Gasteiger partial charge is 0.0434 e. The van der Waals surface area contributed by atoms with Gasteiger partial charge in [-0.2, -0.15) is 0 Å². The SMILES string of the molecule is CNC[C@@H](C)CCO. The van der Waals surface area contributed by atoms with E-state index in [-0.39, 0.29) is 0 Å². The van der Waals surface area contributed by atoms with Crippen molar-refractivity contribution in [3.05, 3.63) is 0 Å². The maximum Gasteiger partial charge on any atom is 0.0434 e. The van der Waals surface area contributed by atoms with E-state index in [2.05, 4.69) is 12.2 Å². The summed E-state index contributed by atoms with van der Waals surface area (Å²) in [5.74, 6) is 0.602. The summed E-state index contributed by atoms with van der Waals surface area (Å²) in [7, 11) is 1.92. The van der Waals surface area contributed by atoms with Crippen LogP contribution in [0.15, 0.2) is 0 Å². The first kappa shape index (κ1) is 7.92. The molecule has 8 heavy (non-hydrogen) atoms. The third kappa shape index (κ3) is 4.09. The molecule has 0 heterocycles. The summed E-state index contributed by atoms with van der Waals surface area (Å²) in [5.41, 5.74) is 0. The Balaban J connectivity index is 2.92. The molecule has 1 atom stereocenters. The average molecular weight is 117 g/mol. The second kappa shape index (κ2) is 5.06. The molecule has 0 spiro atoms. The fraction of sp³-hybridized carbons (Fsp3) is 1.00. The van der Waals surface area contributed by atoms with E-state index < -0.39 is 0 Å². The molecule has 0 aliphatic rings. The van der Waals surface area contributed by atoms with Crippen molar-refractivity contribution in [2.24, 2.45) is 5.92 Å². The highest BCUT2D eigenvalue weighted by atomic mass is 16.3. The molecule has 0 fully saturated rings. The second-order valence-corrected chi connectivity index (χ2v) is 2.18. The Morgan fingerprint density at radius 3 is 2.62 bits per heavy atom. The van der Waals surface area contributed by atoms with Crippen LogP contribution in [0.1, 0.15) is 13.3 Å². The summed E-state index contributed by atoms with van der Waals surface area (Å²) >= 11 is 0. The van der Waals surface area contributed by atoms with E-state index >= 15 is 0 Å². The summed E-state index contributed by atoms with van der Waals surface area (Å²) in [6, 6.07) is 0. The van der Waals surface area contributed by atoms with Gasteiger partial charge in [0.15, 0.2) is 0 Å². The van der Waals surface area contributed by atoms with Gasteiger partial charge in [0.05, 0.1) is 0 Å². The molecule has 0 radical (unpaired) electrons. The van der Waals surface area contributed by atoms with Gasteiger partial charge in [-0.1, -0.05) is 6.92 Å². The molecule has 50 valence electrons. The highest BCUT2D eigenvalue weighted by molar-refractivity contribution is 4.52. The Hall–Kier alpha value is -0.0800. The van der Waals surface area contributed by atoms with Crippen LogP contribution in [-0.2, 0) is 0 Å². The fourth-order valence-corrected chi connectivity index (χ4v) is 0.671. The van der Waals surface area contributed by atoms with Crippen molar-refractivity contribution in [3.8, 4) is 0 Å². The van der Waals surface area contributed by atoms with Gasteiger partial charge < -0.3 is 10.4 Å². The van der Waals surface area contributed by atoms with Crippen LogP contribution < -0.4 is 5.32 Å². The van der Waals surface area contributed by atoms with E-state index in [1.807, 2.05) is 7.05 Å². The van der Waals surface area contributed by atoms with Gasteiger partial charge in [-0.25, -0.2) is 0 Å². The maximum atomic E-state index is 8.44. The van der Waals surface area contributed by atoms with Crippen molar-refractivity contribution in [1.82, 2.24) is 5.32 Å². The van der Waals surface area contributed by atoms with E-state index in [9.17, 15) is 0 Å².